The lowest BCUT2D eigenvalue weighted by molar-refractivity contribution is 0.856. The van der Waals surface area contributed by atoms with E-state index >= 15 is 0 Å². The molecule has 2 aromatic rings. The van der Waals surface area contributed by atoms with Crippen molar-refractivity contribution in [3.05, 3.63) is 46.7 Å². The zero-order chi connectivity index (χ0) is 14.1. The summed E-state index contributed by atoms with van der Waals surface area (Å²) in [5, 5.41) is 4.11. The third-order valence-electron chi connectivity index (χ3n) is 3.44. The van der Waals surface area contributed by atoms with E-state index in [0.717, 1.165) is 35.1 Å². The Morgan fingerprint density at radius 2 is 1.95 bits per heavy atom. The smallest absolute Gasteiger partial charge is 0.136 e. The molecule has 104 valence electrons. The van der Waals surface area contributed by atoms with E-state index in [0.29, 0.717) is 11.7 Å². The van der Waals surface area contributed by atoms with Crippen molar-refractivity contribution in [2.45, 2.75) is 31.7 Å². The van der Waals surface area contributed by atoms with Crippen LogP contribution in [-0.4, -0.2) is 9.97 Å². The van der Waals surface area contributed by atoms with Gasteiger partial charge in [0.15, 0.2) is 0 Å². The van der Waals surface area contributed by atoms with Crippen LogP contribution in [0.15, 0.2) is 30.3 Å². The summed E-state index contributed by atoms with van der Waals surface area (Å²) in [4.78, 5) is 8.85. The highest BCUT2D eigenvalue weighted by molar-refractivity contribution is 6.30. The molecule has 20 heavy (non-hydrogen) atoms. The lowest BCUT2D eigenvalue weighted by Gasteiger charge is -2.16. The Balaban J connectivity index is 1.78. The second-order valence-electron chi connectivity index (χ2n) is 5.23. The quantitative estimate of drug-likeness (QED) is 0.899. The van der Waals surface area contributed by atoms with Crippen LogP contribution in [0.5, 0.6) is 0 Å². The highest BCUT2D eigenvalue weighted by atomic mass is 35.5. The fourth-order valence-corrected chi connectivity index (χ4v) is 2.27. The normalized spacial score (nSPS) is 15.9. The van der Waals surface area contributed by atoms with E-state index in [-0.39, 0.29) is 6.04 Å². The third kappa shape index (κ3) is 3.02. The Morgan fingerprint density at radius 3 is 2.60 bits per heavy atom. The molecule has 1 unspecified atom stereocenters. The number of nitrogen functional groups attached to an aromatic ring is 1. The summed E-state index contributed by atoms with van der Waals surface area (Å²) in [6.45, 7) is 2.08. The van der Waals surface area contributed by atoms with E-state index in [1.165, 1.54) is 0 Å². The molecule has 4 nitrogen and oxygen atoms in total. The Labute approximate surface area is 123 Å². The number of nitrogens with two attached hydrogens (primary N) is 1. The maximum Gasteiger partial charge on any atom is 0.136 e. The van der Waals surface area contributed by atoms with Crippen molar-refractivity contribution in [2.24, 2.45) is 0 Å². The van der Waals surface area contributed by atoms with E-state index in [1.807, 2.05) is 24.3 Å². The van der Waals surface area contributed by atoms with Crippen molar-refractivity contribution in [1.29, 1.82) is 0 Å². The van der Waals surface area contributed by atoms with Crippen molar-refractivity contribution < 1.29 is 0 Å². The predicted octanol–water partition coefficient (Wildman–Crippen LogP) is 3.76. The number of rotatable bonds is 4. The van der Waals surface area contributed by atoms with Crippen molar-refractivity contribution >= 4 is 23.2 Å². The average molecular weight is 289 g/mol. The highest BCUT2D eigenvalue weighted by Crippen LogP contribution is 2.38. The van der Waals surface area contributed by atoms with Gasteiger partial charge in [-0.15, -0.1) is 0 Å². The van der Waals surface area contributed by atoms with Crippen molar-refractivity contribution in [2.75, 3.05) is 11.1 Å². The summed E-state index contributed by atoms with van der Waals surface area (Å²) in [6, 6.07) is 9.70. The maximum absolute atomic E-state index is 5.90. The molecule has 3 rings (SSSR count). The van der Waals surface area contributed by atoms with Crippen LogP contribution in [0.1, 0.15) is 43.1 Å². The molecule has 3 N–H and O–H groups in total. The molecule has 1 aliphatic carbocycles. The Bertz CT molecular complexity index is 608. The first kappa shape index (κ1) is 13.2. The zero-order valence-electron chi connectivity index (χ0n) is 11.3. The molecule has 0 spiro atoms. The molecule has 0 saturated heterocycles. The Hall–Kier alpha value is -1.81. The van der Waals surface area contributed by atoms with Gasteiger partial charge in [-0.25, -0.2) is 9.97 Å². The maximum atomic E-state index is 5.90. The molecule has 5 heteroatoms. The van der Waals surface area contributed by atoms with Gasteiger partial charge in [-0.05, 0) is 37.5 Å². The van der Waals surface area contributed by atoms with Crippen molar-refractivity contribution in [1.82, 2.24) is 9.97 Å². The lowest BCUT2D eigenvalue weighted by atomic mass is 10.1. The first-order valence-electron chi connectivity index (χ1n) is 6.78. The van der Waals surface area contributed by atoms with Crippen LogP contribution in [0.4, 0.5) is 11.6 Å². The summed E-state index contributed by atoms with van der Waals surface area (Å²) in [7, 11) is 0. The third-order valence-corrected chi connectivity index (χ3v) is 3.69. The van der Waals surface area contributed by atoms with Crippen LogP contribution in [-0.2, 0) is 0 Å². The summed E-state index contributed by atoms with van der Waals surface area (Å²) in [5.41, 5.74) is 7.00. The topological polar surface area (TPSA) is 63.8 Å². The van der Waals surface area contributed by atoms with Gasteiger partial charge in [0, 0.05) is 23.0 Å². The second kappa shape index (κ2) is 5.29. The number of halogens is 1. The van der Waals surface area contributed by atoms with Gasteiger partial charge in [-0.1, -0.05) is 23.7 Å². The average Bonchev–Trinajstić information content (AvgIpc) is 3.23. The summed E-state index contributed by atoms with van der Waals surface area (Å²) < 4.78 is 0. The van der Waals surface area contributed by atoms with E-state index < -0.39 is 0 Å². The van der Waals surface area contributed by atoms with Crippen LogP contribution in [0.25, 0.3) is 0 Å². The second-order valence-corrected chi connectivity index (χ2v) is 5.66. The van der Waals surface area contributed by atoms with E-state index in [4.69, 9.17) is 17.3 Å². The first-order valence-corrected chi connectivity index (χ1v) is 7.16. The number of nitrogens with zero attached hydrogens (tertiary/aromatic N) is 2. The number of hydrogen-bond acceptors (Lipinski definition) is 4. The summed E-state index contributed by atoms with van der Waals surface area (Å²) in [6.07, 6.45) is 2.32. The van der Waals surface area contributed by atoms with E-state index in [1.54, 1.807) is 6.07 Å². The predicted molar refractivity (Wildman–Crippen MR) is 81.9 cm³/mol. The SMILES string of the molecule is CC(Nc1cc(N)nc(C2CC2)n1)c1ccc(Cl)cc1. The largest absolute Gasteiger partial charge is 0.384 e. The van der Waals surface area contributed by atoms with Gasteiger partial charge >= 0.3 is 0 Å². The Morgan fingerprint density at radius 1 is 1.25 bits per heavy atom. The van der Waals surface area contributed by atoms with Crippen molar-refractivity contribution in [3.63, 3.8) is 0 Å². The van der Waals surface area contributed by atoms with Gasteiger partial charge < -0.3 is 11.1 Å². The molecule has 1 aromatic heterocycles. The van der Waals surface area contributed by atoms with E-state index in [2.05, 4.69) is 22.2 Å². The minimum Gasteiger partial charge on any atom is -0.384 e. The molecule has 0 radical (unpaired) electrons. The summed E-state index contributed by atoms with van der Waals surface area (Å²) in [5.74, 6) is 2.65. The van der Waals surface area contributed by atoms with Gasteiger partial charge in [0.1, 0.15) is 17.5 Å². The number of nitrogens with one attached hydrogen (secondary N) is 1. The minimum absolute atomic E-state index is 0.133. The van der Waals surface area contributed by atoms with E-state index in [9.17, 15) is 0 Å². The van der Waals surface area contributed by atoms with Crippen LogP contribution in [0, 0.1) is 0 Å². The van der Waals surface area contributed by atoms with Crippen LogP contribution in [0.3, 0.4) is 0 Å². The standard InChI is InChI=1S/C15H17ClN4/c1-9(10-4-6-12(16)7-5-10)18-14-8-13(17)19-15(20-14)11-2-3-11/h4-9,11H,2-3H2,1H3,(H3,17,18,19,20). The number of benzene rings is 1. The fraction of sp³-hybridized carbons (Fsp3) is 0.333. The summed E-state index contributed by atoms with van der Waals surface area (Å²) >= 11 is 5.90. The van der Waals surface area contributed by atoms with Crippen LogP contribution < -0.4 is 11.1 Å². The van der Waals surface area contributed by atoms with Gasteiger partial charge in [-0.2, -0.15) is 0 Å². The van der Waals surface area contributed by atoms with Gasteiger partial charge in [-0.3, -0.25) is 0 Å². The molecule has 1 heterocycles. The molecule has 0 amide bonds. The fourth-order valence-electron chi connectivity index (χ4n) is 2.14. The van der Waals surface area contributed by atoms with Gasteiger partial charge in [0.2, 0.25) is 0 Å². The monoisotopic (exact) mass is 288 g/mol. The number of hydrogen-bond donors (Lipinski definition) is 2. The number of aromatic nitrogens is 2. The molecule has 1 saturated carbocycles. The molecular weight excluding hydrogens is 272 g/mol. The molecule has 1 atom stereocenters. The van der Waals surface area contributed by atoms with Gasteiger partial charge in [0.05, 0.1) is 0 Å². The lowest BCUT2D eigenvalue weighted by Crippen LogP contribution is -2.10. The molecule has 0 bridgehead atoms. The van der Waals surface area contributed by atoms with Crippen LogP contribution >= 0.6 is 11.6 Å². The van der Waals surface area contributed by atoms with Crippen molar-refractivity contribution in [3.8, 4) is 0 Å². The van der Waals surface area contributed by atoms with Crippen LogP contribution in [0.2, 0.25) is 5.02 Å². The zero-order valence-corrected chi connectivity index (χ0v) is 12.1. The minimum atomic E-state index is 0.133. The Kier molecular flexibility index (Phi) is 3.49. The molecule has 1 fully saturated rings. The number of anilines is 2. The molecule has 1 aromatic carbocycles. The molecular formula is C15H17ClN4. The first-order chi connectivity index (χ1) is 9.61. The van der Waals surface area contributed by atoms with Gasteiger partial charge in [0.25, 0.3) is 0 Å². The molecule has 1 aliphatic rings. The highest BCUT2D eigenvalue weighted by Gasteiger charge is 2.27. The molecule has 0 aliphatic heterocycles.